The van der Waals surface area contributed by atoms with Crippen LogP contribution in [0.5, 0.6) is 0 Å². The van der Waals surface area contributed by atoms with Crippen LogP contribution in [0, 0.1) is 0 Å². The number of carbonyl (C=O) groups is 5. The van der Waals surface area contributed by atoms with E-state index in [1.54, 1.807) is 26.8 Å². The van der Waals surface area contributed by atoms with E-state index in [2.05, 4.69) is 10.1 Å². The summed E-state index contributed by atoms with van der Waals surface area (Å²) in [6, 6.07) is 22.5. The van der Waals surface area contributed by atoms with Gasteiger partial charge in [0, 0.05) is 42.2 Å². The van der Waals surface area contributed by atoms with Crippen LogP contribution in [-0.2, 0) is 48.6 Å². The third kappa shape index (κ3) is 11.5. The van der Waals surface area contributed by atoms with Gasteiger partial charge >= 0.3 is 24.1 Å². The summed E-state index contributed by atoms with van der Waals surface area (Å²) in [4.78, 5) is 67.7. The topological polar surface area (TPSA) is 167 Å². The van der Waals surface area contributed by atoms with Crippen molar-refractivity contribution >= 4 is 35.8 Å². The number of hydrogen-bond acceptors (Lipinski definition) is 11. The average molecular weight is 863 g/mol. The number of esters is 3. The largest absolute Gasteiger partial charge is 0.460 e. The van der Waals surface area contributed by atoms with Crippen LogP contribution >= 0.6 is 0 Å². The Kier molecular flexibility index (Phi) is 14.3. The first kappa shape index (κ1) is 45.7. The Morgan fingerprint density at radius 1 is 0.952 bits per heavy atom. The second kappa shape index (κ2) is 19.5. The summed E-state index contributed by atoms with van der Waals surface area (Å²) in [5.41, 5.74) is 1.12. The first-order chi connectivity index (χ1) is 29.4. The molecule has 2 N–H and O–H groups in total. The molecule has 3 aliphatic rings. The van der Waals surface area contributed by atoms with Gasteiger partial charge in [-0.15, -0.1) is 0 Å². The fourth-order valence-electron chi connectivity index (χ4n) is 7.58. The van der Waals surface area contributed by atoms with Gasteiger partial charge in [0.15, 0.2) is 6.61 Å². The molecule has 0 spiro atoms. The number of likely N-dealkylation sites (tertiary alicyclic amines) is 1. The molecule has 3 aromatic rings. The van der Waals surface area contributed by atoms with Crippen LogP contribution in [0.3, 0.4) is 0 Å². The molecule has 2 amide bonds. The zero-order valence-corrected chi connectivity index (χ0v) is 34.5. The van der Waals surface area contributed by atoms with Crippen molar-refractivity contribution in [2.24, 2.45) is 0 Å². The fraction of sp³-hybridized carbons (Fsp3) is 0.413. The molecule has 0 radical (unpaired) electrons. The molecular weight excluding hydrogens is 814 g/mol. The maximum Gasteiger partial charge on any atom is 0.422 e. The summed E-state index contributed by atoms with van der Waals surface area (Å²) in [5, 5.41) is 12.8. The number of aliphatic hydroxyl groups is 1. The Bertz CT molecular complexity index is 2110. The molecule has 330 valence electrons. The molecule has 2 fully saturated rings. The van der Waals surface area contributed by atoms with E-state index in [4.69, 9.17) is 18.9 Å². The Labute approximate surface area is 356 Å². The Hall–Kier alpha value is -5.84. The molecule has 2 saturated heterocycles. The van der Waals surface area contributed by atoms with Crippen LogP contribution in [0.15, 0.2) is 103 Å². The fourth-order valence-corrected chi connectivity index (χ4v) is 7.58. The molecule has 0 aromatic heterocycles. The number of alkyl halides is 3. The van der Waals surface area contributed by atoms with Gasteiger partial charge in [-0.1, -0.05) is 72.8 Å². The summed E-state index contributed by atoms with van der Waals surface area (Å²) in [6.07, 6.45) is -3.22. The van der Waals surface area contributed by atoms with E-state index in [1.807, 2.05) is 60.7 Å². The van der Waals surface area contributed by atoms with Gasteiger partial charge in [0.1, 0.15) is 30.0 Å². The minimum Gasteiger partial charge on any atom is -0.460 e. The molecule has 5 atom stereocenters. The first-order valence-corrected chi connectivity index (χ1v) is 20.3. The Balaban J connectivity index is 1.25. The highest BCUT2D eigenvalue weighted by Gasteiger charge is 2.55. The molecule has 62 heavy (non-hydrogen) atoms. The number of hydrogen-bond donors (Lipinski definition) is 2. The lowest BCUT2D eigenvalue weighted by molar-refractivity contribution is -0.182. The highest BCUT2D eigenvalue weighted by molar-refractivity contribution is 5.98. The van der Waals surface area contributed by atoms with Gasteiger partial charge in [0.25, 0.3) is 0 Å². The third-order valence-electron chi connectivity index (χ3n) is 10.3. The molecule has 1 aliphatic carbocycles. The van der Waals surface area contributed by atoms with Crippen LogP contribution < -0.4 is 5.32 Å². The lowest BCUT2D eigenvalue weighted by atomic mass is 9.91. The molecule has 0 bridgehead atoms. The van der Waals surface area contributed by atoms with Crippen LogP contribution in [0.4, 0.5) is 13.2 Å². The number of amides is 2. The summed E-state index contributed by atoms with van der Waals surface area (Å²) in [5.74, 6) is -4.99. The van der Waals surface area contributed by atoms with Crippen molar-refractivity contribution in [1.29, 1.82) is 0 Å². The molecular formula is C46H49F3N2O11. The number of nitrogens with zero attached hydrogens (tertiary/aromatic N) is 1. The van der Waals surface area contributed by atoms with E-state index in [-0.39, 0.29) is 36.9 Å². The Morgan fingerprint density at radius 2 is 1.63 bits per heavy atom. The second-order valence-electron chi connectivity index (χ2n) is 16.2. The lowest BCUT2D eigenvalue weighted by Crippen LogP contribution is -2.51. The van der Waals surface area contributed by atoms with Gasteiger partial charge < -0.3 is 39.0 Å². The number of halogens is 3. The van der Waals surface area contributed by atoms with E-state index in [0.717, 1.165) is 6.08 Å². The highest BCUT2D eigenvalue weighted by Crippen LogP contribution is 2.47. The number of nitrogens with one attached hydrogen (secondary N) is 1. The van der Waals surface area contributed by atoms with Crippen molar-refractivity contribution in [2.45, 2.75) is 101 Å². The standard InChI is InChI=1S/C46H49F3N2O11/c1-44(2,3)61-39(54)22-20-34(27-52)50-41(55)35-18-11-23-51(35)42(56)31-25-36(59-43(57)30-13-10-12-29(24-30)19-21-38(53)58-28-45(47,48)49)40-37(26-31)60-46(62-40,32-14-6-4-7-15-32)33-16-8-5-9-17-33/h4-10,12-17,19,21,24,26,34-37,40,52H,11,18,20,22-23,25,27-28H2,1-3H3,(H,50,55). The highest BCUT2D eigenvalue weighted by atomic mass is 19.4. The Morgan fingerprint density at radius 3 is 2.26 bits per heavy atom. The maximum absolute atomic E-state index is 14.5. The summed E-state index contributed by atoms with van der Waals surface area (Å²) < 4.78 is 66.8. The zero-order chi connectivity index (χ0) is 44.7. The number of ether oxygens (including phenoxy) is 5. The number of fused-ring (bicyclic) bond motifs is 1. The molecule has 2 heterocycles. The van der Waals surface area contributed by atoms with E-state index in [9.17, 15) is 42.3 Å². The minimum absolute atomic E-state index is 0.0347. The quantitative estimate of drug-likeness (QED) is 0.112. The monoisotopic (exact) mass is 862 g/mol. The second-order valence-corrected chi connectivity index (χ2v) is 16.2. The maximum atomic E-state index is 14.5. The van der Waals surface area contributed by atoms with Gasteiger partial charge in [-0.2, -0.15) is 13.2 Å². The molecule has 0 saturated carbocycles. The van der Waals surface area contributed by atoms with E-state index >= 15 is 0 Å². The van der Waals surface area contributed by atoms with Crippen molar-refractivity contribution in [1.82, 2.24) is 10.2 Å². The zero-order valence-electron chi connectivity index (χ0n) is 34.5. The third-order valence-corrected chi connectivity index (χ3v) is 10.3. The van der Waals surface area contributed by atoms with Gasteiger partial charge in [0.05, 0.1) is 18.2 Å². The summed E-state index contributed by atoms with van der Waals surface area (Å²) >= 11 is 0. The average Bonchev–Trinajstić information content (AvgIpc) is 3.90. The lowest BCUT2D eigenvalue weighted by Gasteiger charge is -2.33. The summed E-state index contributed by atoms with van der Waals surface area (Å²) in [7, 11) is 0. The minimum atomic E-state index is -4.69. The van der Waals surface area contributed by atoms with E-state index < -0.39 is 90.9 Å². The van der Waals surface area contributed by atoms with Crippen molar-refractivity contribution in [2.75, 3.05) is 19.8 Å². The van der Waals surface area contributed by atoms with Crippen LogP contribution in [-0.4, -0.2) is 102 Å². The first-order valence-electron chi connectivity index (χ1n) is 20.3. The van der Waals surface area contributed by atoms with Crippen LogP contribution in [0.1, 0.15) is 79.9 Å². The van der Waals surface area contributed by atoms with Crippen molar-refractivity contribution in [3.05, 3.63) is 125 Å². The molecule has 6 rings (SSSR count). The molecule has 16 heteroatoms. The number of aliphatic hydroxyl groups excluding tert-OH is 1. The SMILES string of the molecule is CC(C)(C)OC(=O)CCC(CO)NC(=O)C1CCCN1C(=O)C1=CC2OC(c3ccccc3)(c3ccccc3)OC2C(OC(=O)c2cccc(C=CC(=O)OCC(F)(F)F)c2)C1. The predicted molar refractivity (Wildman–Crippen MR) is 217 cm³/mol. The molecule has 13 nitrogen and oxygen atoms in total. The predicted octanol–water partition coefficient (Wildman–Crippen LogP) is 5.94. The van der Waals surface area contributed by atoms with Crippen LogP contribution in [0.25, 0.3) is 6.08 Å². The number of rotatable bonds is 14. The van der Waals surface area contributed by atoms with Gasteiger partial charge in [-0.3, -0.25) is 14.4 Å². The molecule has 2 aliphatic heterocycles. The normalized spacial score (nSPS) is 21.4. The van der Waals surface area contributed by atoms with Gasteiger partial charge in [-0.25, -0.2) is 9.59 Å². The number of benzene rings is 3. The molecule has 5 unspecified atom stereocenters. The van der Waals surface area contributed by atoms with Crippen molar-refractivity contribution in [3.63, 3.8) is 0 Å². The van der Waals surface area contributed by atoms with Gasteiger partial charge in [0.2, 0.25) is 17.6 Å². The number of carbonyl (C=O) groups excluding carboxylic acids is 5. The van der Waals surface area contributed by atoms with Gasteiger partial charge in [-0.05, 0) is 69.9 Å². The van der Waals surface area contributed by atoms with E-state index in [0.29, 0.717) is 29.5 Å². The van der Waals surface area contributed by atoms with Crippen molar-refractivity contribution < 1.29 is 65.9 Å². The summed E-state index contributed by atoms with van der Waals surface area (Å²) in [6.45, 7) is 3.27. The smallest absolute Gasteiger partial charge is 0.422 e. The van der Waals surface area contributed by atoms with E-state index in [1.165, 1.54) is 35.2 Å². The van der Waals surface area contributed by atoms with Crippen LogP contribution in [0.2, 0.25) is 0 Å². The molecule has 3 aromatic carbocycles. The van der Waals surface area contributed by atoms with Crippen molar-refractivity contribution in [3.8, 4) is 0 Å².